The topological polar surface area (TPSA) is 54.7 Å². The van der Waals surface area contributed by atoms with Crippen LogP contribution in [0, 0.1) is 0 Å². The Kier molecular flexibility index (Phi) is 2.48. The average Bonchev–Trinajstić information content (AvgIpc) is 2.71. The van der Waals surface area contributed by atoms with E-state index in [0.29, 0.717) is 6.54 Å². The van der Waals surface area contributed by atoms with Crippen LogP contribution < -0.4 is 5.73 Å². The van der Waals surface area contributed by atoms with E-state index in [0.717, 1.165) is 20.1 Å². The van der Waals surface area contributed by atoms with Crippen molar-refractivity contribution in [1.82, 2.24) is 9.97 Å². The molecule has 0 bridgehead atoms. The molecule has 2 heterocycles. The van der Waals surface area contributed by atoms with Gasteiger partial charge in [0.2, 0.25) is 0 Å². The molecule has 0 spiro atoms. The second-order valence-electron chi connectivity index (χ2n) is 2.54. The monoisotopic (exact) mass is 257 g/mol. The first kappa shape index (κ1) is 8.93. The number of thiophene rings is 1. The fourth-order valence-corrected chi connectivity index (χ4v) is 2.54. The number of H-pyrrole nitrogens is 1. The highest BCUT2D eigenvalue weighted by Gasteiger charge is 2.08. The lowest BCUT2D eigenvalue weighted by atomic mass is 10.3. The summed E-state index contributed by atoms with van der Waals surface area (Å²) in [5.74, 6) is 0. The van der Waals surface area contributed by atoms with E-state index < -0.39 is 0 Å². The zero-order valence-electron chi connectivity index (χ0n) is 6.75. The van der Waals surface area contributed by atoms with Gasteiger partial charge in [-0.05, 0) is 28.1 Å². The van der Waals surface area contributed by atoms with E-state index in [-0.39, 0.29) is 0 Å². The van der Waals surface area contributed by atoms with E-state index in [9.17, 15) is 0 Å². The Labute approximate surface area is 88.1 Å². The molecule has 0 unspecified atom stereocenters. The van der Waals surface area contributed by atoms with Gasteiger partial charge in [0.15, 0.2) is 0 Å². The number of hydrogen-bond acceptors (Lipinski definition) is 3. The molecular weight excluding hydrogens is 250 g/mol. The van der Waals surface area contributed by atoms with Crippen molar-refractivity contribution in [3.05, 3.63) is 27.9 Å². The molecule has 5 heteroatoms. The van der Waals surface area contributed by atoms with Gasteiger partial charge in [-0.1, -0.05) is 0 Å². The van der Waals surface area contributed by atoms with E-state index >= 15 is 0 Å². The summed E-state index contributed by atoms with van der Waals surface area (Å²) in [6.45, 7) is 0.491. The van der Waals surface area contributed by atoms with Gasteiger partial charge in [-0.3, -0.25) is 0 Å². The van der Waals surface area contributed by atoms with Gasteiger partial charge in [0.05, 0.1) is 20.7 Å². The summed E-state index contributed by atoms with van der Waals surface area (Å²) in [4.78, 5) is 8.38. The van der Waals surface area contributed by atoms with Gasteiger partial charge < -0.3 is 10.7 Å². The third-order valence-corrected chi connectivity index (χ3v) is 3.36. The fraction of sp³-hybridized carbons (Fsp3) is 0.125. The Morgan fingerprint density at radius 2 is 2.38 bits per heavy atom. The van der Waals surface area contributed by atoms with E-state index in [1.807, 2.05) is 12.1 Å². The predicted molar refractivity (Wildman–Crippen MR) is 57.5 cm³/mol. The molecule has 3 nitrogen and oxygen atoms in total. The maximum atomic E-state index is 5.56. The summed E-state index contributed by atoms with van der Waals surface area (Å²) in [6, 6.07) is 4.04. The molecule has 0 aliphatic carbocycles. The van der Waals surface area contributed by atoms with E-state index in [4.69, 9.17) is 5.73 Å². The maximum absolute atomic E-state index is 5.56. The molecule has 0 aliphatic heterocycles. The van der Waals surface area contributed by atoms with Crippen molar-refractivity contribution in [2.75, 3.05) is 0 Å². The van der Waals surface area contributed by atoms with Crippen LogP contribution in [0.25, 0.3) is 10.6 Å². The summed E-state index contributed by atoms with van der Waals surface area (Å²) in [7, 11) is 0. The van der Waals surface area contributed by atoms with Crippen LogP contribution in [0.3, 0.4) is 0 Å². The number of hydrogen-bond donors (Lipinski definition) is 2. The van der Waals surface area contributed by atoms with Gasteiger partial charge >= 0.3 is 0 Å². The molecule has 0 atom stereocenters. The van der Waals surface area contributed by atoms with Gasteiger partial charge in [-0.15, -0.1) is 11.3 Å². The zero-order valence-corrected chi connectivity index (χ0v) is 9.15. The molecule has 0 radical (unpaired) electrons. The normalized spacial score (nSPS) is 10.6. The maximum Gasteiger partial charge on any atom is 0.103 e. The lowest BCUT2D eigenvalue weighted by molar-refractivity contribution is 1.01. The van der Waals surface area contributed by atoms with E-state index in [1.54, 1.807) is 17.7 Å². The molecule has 68 valence electrons. The highest BCUT2D eigenvalue weighted by molar-refractivity contribution is 9.11. The van der Waals surface area contributed by atoms with Crippen LogP contribution >= 0.6 is 27.3 Å². The zero-order chi connectivity index (χ0) is 9.26. The number of imidazole rings is 1. The van der Waals surface area contributed by atoms with Crippen LogP contribution in [-0.2, 0) is 6.54 Å². The fourth-order valence-electron chi connectivity index (χ4n) is 1.13. The third kappa shape index (κ3) is 1.67. The summed E-state index contributed by atoms with van der Waals surface area (Å²) in [5.41, 5.74) is 7.50. The van der Waals surface area contributed by atoms with Crippen LogP contribution in [0.2, 0.25) is 0 Å². The summed E-state index contributed by atoms with van der Waals surface area (Å²) >= 11 is 5.07. The Morgan fingerprint density at radius 1 is 1.54 bits per heavy atom. The number of rotatable bonds is 2. The van der Waals surface area contributed by atoms with Crippen molar-refractivity contribution < 1.29 is 0 Å². The van der Waals surface area contributed by atoms with Crippen molar-refractivity contribution >= 4 is 27.3 Å². The molecule has 2 rings (SSSR count). The number of nitrogens with one attached hydrogen (secondary N) is 1. The van der Waals surface area contributed by atoms with Gasteiger partial charge in [0.25, 0.3) is 0 Å². The Balaban J connectivity index is 2.45. The van der Waals surface area contributed by atoms with Gasteiger partial charge in [-0.2, -0.15) is 0 Å². The lowest BCUT2D eigenvalue weighted by Gasteiger charge is -1.94. The third-order valence-electron chi connectivity index (χ3n) is 1.73. The molecule has 0 aliphatic rings. The summed E-state index contributed by atoms with van der Waals surface area (Å²) in [6.07, 6.45) is 1.67. The minimum Gasteiger partial charge on any atom is -0.347 e. The quantitative estimate of drug-likeness (QED) is 0.868. The van der Waals surface area contributed by atoms with Gasteiger partial charge in [0.1, 0.15) is 5.69 Å². The van der Waals surface area contributed by atoms with Gasteiger partial charge in [0, 0.05) is 6.54 Å². The largest absolute Gasteiger partial charge is 0.347 e. The van der Waals surface area contributed by atoms with Crippen LogP contribution in [-0.4, -0.2) is 9.97 Å². The van der Waals surface area contributed by atoms with Crippen LogP contribution in [0.1, 0.15) is 5.69 Å². The second-order valence-corrected chi connectivity index (χ2v) is 5.00. The highest BCUT2D eigenvalue weighted by Crippen LogP contribution is 2.31. The molecule has 2 aromatic heterocycles. The van der Waals surface area contributed by atoms with Crippen molar-refractivity contribution in [3.8, 4) is 10.6 Å². The van der Waals surface area contributed by atoms with Gasteiger partial charge in [-0.25, -0.2) is 4.98 Å². The number of aromatic nitrogens is 2. The number of aromatic amines is 1. The second kappa shape index (κ2) is 3.61. The van der Waals surface area contributed by atoms with Crippen LogP contribution in [0.4, 0.5) is 0 Å². The Morgan fingerprint density at radius 3 is 3.00 bits per heavy atom. The summed E-state index contributed by atoms with van der Waals surface area (Å²) < 4.78 is 1.11. The molecular formula is C8H8BrN3S. The molecule has 13 heavy (non-hydrogen) atoms. The van der Waals surface area contributed by atoms with E-state index in [1.165, 1.54) is 0 Å². The number of nitrogens with zero attached hydrogens (tertiary/aromatic N) is 1. The van der Waals surface area contributed by atoms with Crippen LogP contribution in [0.5, 0.6) is 0 Å². The SMILES string of the molecule is NCc1[nH]cnc1-c1ccc(Br)s1. The Bertz CT molecular complexity index is 407. The lowest BCUT2D eigenvalue weighted by Crippen LogP contribution is -1.97. The molecule has 0 aromatic carbocycles. The standard InChI is InChI=1S/C8H8BrN3S/c9-7-2-1-6(13-7)8-5(3-10)11-4-12-8/h1-2,4H,3,10H2,(H,11,12). The molecule has 0 fully saturated rings. The van der Waals surface area contributed by atoms with Crippen molar-refractivity contribution in [2.45, 2.75) is 6.54 Å². The first-order chi connectivity index (χ1) is 6.31. The smallest absolute Gasteiger partial charge is 0.103 e. The minimum absolute atomic E-state index is 0.491. The van der Waals surface area contributed by atoms with Crippen molar-refractivity contribution in [3.63, 3.8) is 0 Å². The molecule has 3 N–H and O–H groups in total. The molecule has 0 saturated carbocycles. The molecule has 0 amide bonds. The van der Waals surface area contributed by atoms with Crippen LogP contribution in [0.15, 0.2) is 22.2 Å². The molecule has 2 aromatic rings. The number of nitrogens with two attached hydrogens (primary N) is 1. The Hall–Kier alpha value is -0.650. The predicted octanol–water partition coefficient (Wildman–Crippen LogP) is 2.36. The first-order valence-corrected chi connectivity index (χ1v) is 5.40. The van der Waals surface area contributed by atoms with Crippen molar-refractivity contribution in [1.29, 1.82) is 0 Å². The summed E-state index contributed by atoms with van der Waals surface area (Å²) in [5, 5.41) is 0. The van der Waals surface area contributed by atoms with E-state index in [2.05, 4.69) is 25.9 Å². The average molecular weight is 258 g/mol. The van der Waals surface area contributed by atoms with Crippen molar-refractivity contribution in [2.24, 2.45) is 5.73 Å². The minimum atomic E-state index is 0.491. The first-order valence-electron chi connectivity index (χ1n) is 3.79. The highest BCUT2D eigenvalue weighted by atomic mass is 79.9. The number of halogens is 1. The molecule has 0 saturated heterocycles.